The van der Waals surface area contributed by atoms with Crippen LogP contribution in [0.1, 0.15) is 23.7 Å². The van der Waals surface area contributed by atoms with Gasteiger partial charge in [-0.1, -0.05) is 34.3 Å². The molecular weight excluding hydrogens is 561 g/mol. The van der Waals surface area contributed by atoms with E-state index in [1.54, 1.807) is 0 Å². The number of allylic oxidation sites excluding steroid dienone is 1. The van der Waals surface area contributed by atoms with E-state index in [9.17, 15) is 19.5 Å². The van der Waals surface area contributed by atoms with Crippen LogP contribution in [0.4, 0.5) is 5.13 Å². The largest absolute Gasteiger partial charge is 0.477 e. The molecule has 2 amide bonds. The summed E-state index contributed by atoms with van der Waals surface area (Å²) < 4.78 is 4.77. The summed E-state index contributed by atoms with van der Waals surface area (Å²) in [6.45, 7) is 1.84. The standard InChI is InChI=1S/C20H20N8O5S4/c1-8-24-25-20(36-8)35-7-9-6-34-17-12(16(30)28(17)13(9)18(31)32)22-15(29)11(14-23-19(21)37-27-14)26-33-10-4-2-3-5-10/h2,4,10,12,17H,3,5-7H2,1H3,(H,22,29)(H,31,32)(H2,21,23,27)/t10?,12?,17-/m0/s1. The molecule has 2 aromatic heterocycles. The van der Waals surface area contributed by atoms with Crippen molar-refractivity contribution in [1.82, 2.24) is 29.8 Å². The molecule has 2 unspecified atom stereocenters. The van der Waals surface area contributed by atoms with E-state index in [4.69, 9.17) is 10.6 Å². The number of anilines is 1. The van der Waals surface area contributed by atoms with Crippen LogP contribution >= 0.6 is 46.4 Å². The summed E-state index contributed by atoms with van der Waals surface area (Å²) in [4.78, 5) is 49.0. The smallest absolute Gasteiger partial charge is 0.352 e. The molecule has 1 aliphatic carbocycles. The Labute approximate surface area is 226 Å². The van der Waals surface area contributed by atoms with Crippen LogP contribution in [0.15, 0.2) is 32.9 Å². The Morgan fingerprint density at radius 1 is 1.41 bits per heavy atom. The van der Waals surface area contributed by atoms with E-state index in [-0.39, 0.29) is 28.5 Å². The number of carbonyl (C=O) groups excluding carboxylic acids is 2. The van der Waals surface area contributed by atoms with E-state index < -0.39 is 29.2 Å². The first-order valence-electron chi connectivity index (χ1n) is 11.0. The molecule has 37 heavy (non-hydrogen) atoms. The van der Waals surface area contributed by atoms with Crippen molar-refractivity contribution in [1.29, 1.82) is 0 Å². The Hall–Kier alpha value is -3.02. The zero-order chi connectivity index (χ0) is 26.1. The lowest BCUT2D eigenvalue weighted by Gasteiger charge is -2.49. The van der Waals surface area contributed by atoms with Crippen molar-refractivity contribution in [2.45, 2.75) is 41.6 Å². The zero-order valence-electron chi connectivity index (χ0n) is 19.2. The van der Waals surface area contributed by atoms with E-state index >= 15 is 0 Å². The summed E-state index contributed by atoms with van der Waals surface area (Å²) in [6, 6.07) is -0.945. The Morgan fingerprint density at radius 2 is 2.24 bits per heavy atom. The predicted molar refractivity (Wildman–Crippen MR) is 139 cm³/mol. The molecule has 0 spiro atoms. The summed E-state index contributed by atoms with van der Waals surface area (Å²) >= 11 is 5.07. The van der Waals surface area contributed by atoms with Gasteiger partial charge in [-0.3, -0.25) is 14.5 Å². The molecule has 13 nitrogen and oxygen atoms in total. The highest BCUT2D eigenvalue weighted by Gasteiger charge is 2.54. The number of nitrogens with zero attached hydrogens (tertiary/aromatic N) is 6. The third-order valence-electron chi connectivity index (χ3n) is 5.53. The van der Waals surface area contributed by atoms with Crippen molar-refractivity contribution < 1.29 is 24.3 Å². The SMILES string of the molecule is Cc1nnc(SCC2=C(C(=O)O)N3C(=O)C(NC(=O)C(=NOC4C=CCC4)c4nsc(N)n4)[C@@H]3SC2)s1. The van der Waals surface area contributed by atoms with Crippen LogP contribution in [-0.4, -0.2) is 82.1 Å². The lowest BCUT2D eigenvalue weighted by atomic mass is 10.0. The van der Waals surface area contributed by atoms with Gasteiger partial charge in [0.05, 0.1) is 0 Å². The molecule has 0 bridgehead atoms. The number of aliphatic carboxylic acids is 1. The van der Waals surface area contributed by atoms with Crippen molar-refractivity contribution in [2.75, 3.05) is 17.2 Å². The Balaban J connectivity index is 1.30. The number of β-lactam (4-membered cyclic amide) rings is 1. The lowest BCUT2D eigenvalue weighted by Crippen LogP contribution is -2.71. The minimum absolute atomic E-state index is 0.0146. The van der Waals surface area contributed by atoms with Gasteiger partial charge in [-0.25, -0.2) is 4.79 Å². The number of thioether (sulfide) groups is 2. The minimum Gasteiger partial charge on any atom is -0.477 e. The second-order valence-electron chi connectivity index (χ2n) is 8.04. The van der Waals surface area contributed by atoms with E-state index in [2.05, 4.69) is 30.0 Å². The van der Waals surface area contributed by atoms with Gasteiger partial charge in [-0.05, 0) is 31.4 Å². The normalized spacial score (nSPS) is 23.2. The fourth-order valence-corrected chi connectivity index (χ4v) is 7.55. The van der Waals surface area contributed by atoms with Crippen molar-refractivity contribution in [3.8, 4) is 0 Å². The molecule has 1 saturated heterocycles. The molecule has 0 radical (unpaired) electrons. The Bertz CT molecular complexity index is 1340. The molecule has 4 N–H and O–H groups in total. The fraction of sp³-hybridized carbons (Fsp3) is 0.400. The van der Waals surface area contributed by atoms with Gasteiger partial charge in [-0.2, -0.15) is 9.36 Å². The van der Waals surface area contributed by atoms with Gasteiger partial charge in [0, 0.05) is 23.0 Å². The molecule has 3 aliphatic rings. The number of nitrogens with two attached hydrogens (primary N) is 1. The summed E-state index contributed by atoms with van der Waals surface area (Å²) in [5.74, 6) is -1.71. The topological polar surface area (TPSA) is 186 Å². The average Bonchev–Trinajstić information content (AvgIpc) is 3.64. The first-order chi connectivity index (χ1) is 17.8. The average molecular weight is 581 g/mol. The van der Waals surface area contributed by atoms with Gasteiger partial charge in [0.1, 0.15) is 28.2 Å². The van der Waals surface area contributed by atoms with Crippen LogP contribution in [0.5, 0.6) is 0 Å². The quantitative estimate of drug-likeness (QED) is 0.127. The van der Waals surface area contributed by atoms with Crippen LogP contribution in [0.2, 0.25) is 0 Å². The number of carbonyl (C=O) groups is 3. The number of carboxylic acid groups (broad SMARTS) is 1. The van der Waals surface area contributed by atoms with E-state index in [0.717, 1.165) is 33.7 Å². The van der Waals surface area contributed by atoms with E-state index in [0.29, 0.717) is 17.1 Å². The molecular formula is C20H20N8O5S4. The fourth-order valence-electron chi connectivity index (χ4n) is 3.82. The summed E-state index contributed by atoms with van der Waals surface area (Å²) in [7, 11) is 0. The first-order valence-corrected chi connectivity index (χ1v) is 14.6. The predicted octanol–water partition coefficient (Wildman–Crippen LogP) is 1.25. The molecule has 2 aromatic rings. The maximum atomic E-state index is 13.1. The highest BCUT2D eigenvalue weighted by molar-refractivity contribution is 8.01. The third kappa shape index (κ3) is 5.34. The van der Waals surface area contributed by atoms with Crippen molar-refractivity contribution in [3.63, 3.8) is 0 Å². The second kappa shape index (κ2) is 10.8. The van der Waals surface area contributed by atoms with Gasteiger partial charge < -0.3 is 21.0 Å². The molecule has 1 fully saturated rings. The molecule has 5 rings (SSSR count). The van der Waals surface area contributed by atoms with E-state index in [1.165, 1.54) is 39.8 Å². The van der Waals surface area contributed by atoms with Crippen LogP contribution in [0.25, 0.3) is 0 Å². The molecule has 2 aliphatic heterocycles. The molecule has 4 heterocycles. The Kier molecular flexibility index (Phi) is 7.45. The number of amides is 2. The first kappa shape index (κ1) is 25.6. The van der Waals surface area contributed by atoms with Gasteiger partial charge in [0.25, 0.3) is 11.8 Å². The van der Waals surface area contributed by atoms with Gasteiger partial charge in [-0.15, -0.1) is 22.0 Å². The maximum absolute atomic E-state index is 13.1. The number of aryl methyl sites for hydroxylation is 1. The zero-order valence-corrected chi connectivity index (χ0v) is 22.5. The highest BCUT2D eigenvalue weighted by atomic mass is 32.2. The van der Waals surface area contributed by atoms with Crippen molar-refractivity contribution in [2.24, 2.45) is 5.16 Å². The molecule has 194 valence electrons. The maximum Gasteiger partial charge on any atom is 0.352 e. The number of hydrogen-bond acceptors (Lipinski definition) is 14. The van der Waals surface area contributed by atoms with Crippen LogP contribution in [-0.2, 0) is 19.2 Å². The number of nitrogens with one attached hydrogen (secondary N) is 1. The monoisotopic (exact) mass is 580 g/mol. The number of aromatic nitrogens is 4. The van der Waals surface area contributed by atoms with Crippen LogP contribution in [0.3, 0.4) is 0 Å². The van der Waals surface area contributed by atoms with Crippen molar-refractivity contribution >= 4 is 75.0 Å². The molecule has 17 heteroatoms. The second-order valence-corrected chi connectivity index (χ2v) is 12.3. The molecule has 0 aromatic carbocycles. The van der Waals surface area contributed by atoms with Crippen molar-refractivity contribution in [3.05, 3.63) is 34.3 Å². The molecule has 3 atom stereocenters. The highest BCUT2D eigenvalue weighted by Crippen LogP contribution is 2.41. The van der Waals surface area contributed by atoms with Gasteiger partial charge in [0.15, 0.2) is 9.47 Å². The summed E-state index contributed by atoms with van der Waals surface area (Å²) in [6.07, 6.45) is 5.09. The number of carboxylic acids is 1. The van der Waals surface area contributed by atoms with Gasteiger partial charge >= 0.3 is 5.97 Å². The lowest BCUT2D eigenvalue weighted by molar-refractivity contribution is -0.150. The summed E-state index contributed by atoms with van der Waals surface area (Å²) in [5, 5.41) is 24.9. The third-order valence-corrected chi connectivity index (χ3v) is 9.47. The minimum atomic E-state index is -1.20. The number of hydrogen-bond donors (Lipinski definition) is 3. The number of nitrogen functional groups attached to an aromatic ring is 1. The van der Waals surface area contributed by atoms with Crippen LogP contribution < -0.4 is 11.1 Å². The van der Waals surface area contributed by atoms with Gasteiger partial charge in [0.2, 0.25) is 11.5 Å². The van der Waals surface area contributed by atoms with Crippen LogP contribution in [0, 0.1) is 6.92 Å². The van der Waals surface area contributed by atoms with E-state index in [1.807, 2.05) is 19.1 Å². The number of rotatable bonds is 9. The molecule has 0 saturated carbocycles. The Morgan fingerprint density at radius 3 is 2.89 bits per heavy atom. The summed E-state index contributed by atoms with van der Waals surface area (Å²) in [5.41, 5.74) is 6.01. The number of oxime groups is 1. The number of fused-ring (bicyclic) bond motifs is 1.